The van der Waals surface area contributed by atoms with E-state index in [1.807, 2.05) is 42.6 Å². The third-order valence-corrected chi connectivity index (χ3v) is 5.57. The molecule has 4 nitrogen and oxygen atoms in total. The summed E-state index contributed by atoms with van der Waals surface area (Å²) in [7, 11) is 0. The molecule has 0 saturated carbocycles. The first-order chi connectivity index (χ1) is 11.3. The first-order valence-electron chi connectivity index (χ1n) is 7.15. The van der Waals surface area contributed by atoms with E-state index in [2.05, 4.69) is 21.4 Å². The summed E-state index contributed by atoms with van der Waals surface area (Å²) in [5, 5.41) is 3.81. The van der Waals surface area contributed by atoms with Gasteiger partial charge in [0.05, 0.1) is 0 Å². The van der Waals surface area contributed by atoms with Crippen molar-refractivity contribution in [2.24, 2.45) is 0 Å². The van der Waals surface area contributed by atoms with Crippen LogP contribution in [-0.4, -0.2) is 30.8 Å². The van der Waals surface area contributed by atoms with Gasteiger partial charge in [0.2, 0.25) is 0 Å². The van der Waals surface area contributed by atoms with Crippen LogP contribution in [-0.2, 0) is 5.32 Å². The van der Waals surface area contributed by atoms with E-state index in [1.54, 1.807) is 24.7 Å². The van der Waals surface area contributed by atoms with Gasteiger partial charge in [-0.15, -0.1) is 24.8 Å². The molecule has 0 spiro atoms. The molecule has 25 heavy (non-hydrogen) atoms. The number of carbonyl (C=O) groups is 1. The van der Waals surface area contributed by atoms with E-state index in [1.165, 1.54) is 5.56 Å². The standard InChI is InChI=1S/C18H15N3OSe.2ClH/c22-18(21-15-6-4-10-20-12-15)16-7-1-2-8-17(16)23-13-14-5-3-9-19-11-14;;/h1-12H,13H2,(H,21,22);2*1H. The number of nitrogens with one attached hydrogen (secondary N) is 1. The molecule has 0 unspecified atom stereocenters. The van der Waals surface area contributed by atoms with Gasteiger partial charge in [-0.05, 0) is 0 Å². The molecule has 0 bridgehead atoms. The summed E-state index contributed by atoms with van der Waals surface area (Å²) in [5.74, 6) is -0.0957. The fraction of sp³-hybridized carbons (Fsp3) is 0.0556. The van der Waals surface area contributed by atoms with Crippen LogP contribution in [0.5, 0.6) is 0 Å². The fourth-order valence-electron chi connectivity index (χ4n) is 2.06. The number of amides is 1. The summed E-state index contributed by atoms with van der Waals surface area (Å²) >= 11 is 0.173. The van der Waals surface area contributed by atoms with Crippen molar-refractivity contribution in [3.8, 4) is 0 Å². The van der Waals surface area contributed by atoms with E-state index in [-0.39, 0.29) is 45.7 Å². The van der Waals surface area contributed by atoms with Crippen molar-refractivity contribution >= 4 is 55.8 Å². The fourth-order valence-corrected chi connectivity index (χ4v) is 4.12. The van der Waals surface area contributed by atoms with Crippen LogP contribution in [0.4, 0.5) is 5.69 Å². The molecule has 7 heteroatoms. The summed E-state index contributed by atoms with van der Waals surface area (Å²) in [6.45, 7) is 0. The number of anilines is 1. The summed E-state index contributed by atoms with van der Waals surface area (Å²) in [6.07, 6.45) is 6.97. The van der Waals surface area contributed by atoms with E-state index < -0.39 is 0 Å². The van der Waals surface area contributed by atoms with Gasteiger partial charge in [-0.3, -0.25) is 0 Å². The topological polar surface area (TPSA) is 54.9 Å². The molecular weight excluding hydrogens is 424 g/mol. The number of aromatic nitrogens is 2. The van der Waals surface area contributed by atoms with Crippen LogP contribution < -0.4 is 9.78 Å². The Kier molecular flexibility index (Phi) is 9.17. The molecule has 0 aliphatic heterocycles. The third kappa shape index (κ3) is 6.14. The predicted octanol–water partition coefficient (Wildman–Crippen LogP) is 3.10. The molecule has 0 aliphatic carbocycles. The molecule has 0 radical (unpaired) electrons. The summed E-state index contributed by atoms with van der Waals surface area (Å²) in [6, 6.07) is 15.4. The Morgan fingerprint density at radius 3 is 2.32 bits per heavy atom. The molecule has 0 saturated heterocycles. The zero-order chi connectivity index (χ0) is 15.9. The van der Waals surface area contributed by atoms with Gasteiger partial charge in [0.1, 0.15) is 0 Å². The zero-order valence-corrected chi connectivity index (χ0v) is 16.5. The third-order valence-electron chi connectivity index (χ3n) is 3.17. The molecular formula is C18H17Cl2N3OSe. The Labute approximate surface area is 165 Å². The van der Waals surface area contributed by atoms with Crippen LogP contribution in [0.15, 0.2) is 73.3 Å². The van der Waals surface area contributed by atoms with Crippen molar-refractivity contribution in [2.75, 3.05) is 5.32 Å². The number of carbonyl (C=O) groups excluding carboxylic acids is 1. The van der Waals surface area contributed by atoms with Crippen LogP contribution in [0.25, 0.3) is 0 Å². The number of hydrogen-bond donors (Lipinski definition) is 1. The second-order valence-corrected chi connectivity index (χ2v) is 6.98. The minimum atomic E-state index is -0.0957. The molecule has 3 rings (SSSR count). The molecule has 0 fully saturated rings. The van der Waals surface area contributed by atoms with Gasteiger partial charge >= 0.3 is 141 Å². The normalized spacial score (nSPS) is 9.44. The number of halogens is 2. The maximum absolute atomic E-state index is 12.5. The molecule has 3 aromatic rings. The average Bonchev–Trinajstić information content (AvgIpc) is 2.62. The Morgan fingerprint density at radius 1 is 0.920 bits per heavy atom. The van der Waals surface area contributed by atoms with Crippen molar-refractivity contribution in [3.05, 3.63) is 84.4 Å². The van der Waals surface area contributed by atoms with E-state index >= 15 is 0 Å². The van der Waals surface area contributed by atoms with Gasteiger partial charge in [0, 0.05) is 0 Å². The number of hydrogen-bond acceptors (Lipinski definition) is 3. The van der Waals surface area contributed by atoms with Gasteiger partial charge < -0.3 is 0 Å². The Morgan fingerprint density at radius 2 is 1.64 bits per heavy atom. The molecule has 130 valence electrons. The van der Waals surface area contributed by atoms with E-state index in [0.29, 0.717) is 5.69 Å². The molecule has 0 atom stereocenters. The minimum absolute atomic E-state index is 0. The molecule has 2 aromatic heterocycles. The van der Waals surface area contributed by atoms with E-state index in [9.17, 15) is 4.79 Å². The van der Waals surface area contributed by atoms with Crippen molar-refractivity contribution in [1.82, 2.24) is 9.97 Å². The monoisotopic (exact) mass is 441 g/mol. The summed E-state index contributed by atoms with van der Waals surface area (Å²) < 4.78 is 1.09. The first-order valence-corrected chi connectivity index (χ1v) is 9.22. The van der Waals surface area contributed by atoms with Crippen LogP contribution in [0.3, 0.4) is 0 Å². The SMILES string of the molecule is Cl.Cl.O=C(Nc1cccnc1)c1ccccc1[Se]Cc1cccnc1. The Bertz CT molecular complexity index is 789. The second kappa shape index (κ2) is 10.9. The molecule has 1 amide bonds. The molecule has 2 heterocycles. The first kappa shape index (κ1) is 21.1. The van der Waals surface area contributed by atoms with Gasteiger partial charge in [0.15, 0.2) is 0 Å². The molecule has 1 N–H and O–H groups in total. The van der Waals surface area contributed by atoms with Gasteiger partial charge in [-0.1, -0.05) is 0 Å². The van der Waals surface area contributed by atoms with Crippen LogP contribution in [0.2, 0.25) is 0 Å². The van der Waals surface area contributed by atoms with Crippen molar-refractivity contribution in [3.63, 3.8) is 0 Å². The number of rotatable bonds is 5. The molecule has 1 aromatic carbocycles. The zero-order valence-electron chi connectivity index (χ0n) is 13.2. The maximum atomic E-state index is 12.5. The quantitative estimate of drug-likeness (QED) is 0.620. The Hall–Kier alpha value is -1.91. The van der Waals surface area contributed by atoms with Crippen LogP contribution in [0, 0.1) is 0 Å². The van der Waals surface area contributed by atoms with Crippen molar-refractivity contribution in [2.45, 2.75) is 5.32 Å². The number of nitrogens with zero attached hydrogens (tertiary/aromatic N) is 2. The predicted molar refractivity (Wildman–Crippen MR) is 106 cm³/mol. The number of benzene rings is 1. The van der Waals surface area contributed by atoms with Crippen molar-refractivity contribution < 1.29 is 4.79 Å². The van der Waals surface area contributed by atoms with E-state index in [0.717, 1.165) is 15.3 Å². The molecule has 0 aliphatic rings. The van der Waals surface area contributed by atoms with Crippen molar-refractivity contribution in [1.29, 1.82) is 0 Å². The van der Waals surface area contributed by atoms with Gasteiger partial charge in [-0.25, -0.2) is 0 Å². The van der Waals surface area contributed by atoms with Crippen LogP contribution >= 0.6 is 24.8 Å². The number of pyridine rings is 2. The van der Waals surface area contributed by atoms with Crippen LogP contribution in [0.1, 0.15) is 15.9 Å². The Balaban J connectivity index is 0.00000156. The van der Waals surface area contributed by atoms with E-state index in [4.69, 9.17) is 0 Å². The summed E-state index contributed by atoms with van der Waals surface area (Å²) in [5.41, 5.74) is 2.61. The van der Waals surface area contributed by atoms with Gasteiger partial charge in [0.25, 0.3) is 0 Å². The average molecular weight is 441 g/mol. The van der Waals surface area contributed by atoms with Gasteiger partial charge in [-0.2, -0.15) is 0 Å². The summed E-state index contributed by atoms with van der Waals surface area (Å²) in [4.78, 5) is 20.7. The second-order valence-electron chi connectivity index (χ2n) is 4.84.